The normalized spacial score (nSPS) is 9.12. The summed E-state index contributed by atoms with van der Waals surface area (Å²) in [5.41, 5.74) is 0. The van der Waals surface area contributed by atoms with E-state index < -0.39 is 4.56 Å². The standard InChI is InChI=1S/C11H17NO.CHO2.Zn/c1-2-3-4-5-9-13-11-7-6-8-12-10-11;2-1-3;/h6-8,10H,2-5,9H2,1H3;(H,2,3);. The van der Waals surface area contributed by atoms with Gasteiger partial charge in [-0.25, -0.2) is 0 Å². The summed E-state index contributed by atoms with van der Waals surface area (Å²) in [6.07, 6.45) is 8.48. The van der Waals surface area contributed by atoms with Gasteiger partial charge in [-0.2, -0.15) is 0 Å². The van der Waals surface area contributed by atoms with Crippen molar-refractivity contribution in [2.24, 2.45) is 0 Å². The van der Waals surface area contributed by atoms with Crippen molar-refractivity contribution in [3.63, 3.8) is 0 Å². The minimum absolute atomic E-state index is 0.347. The SMILES string of the molecule is CCCCCCOc1cccnc1.O=[C](O)[Zn]. The number of hydrogen-bond donors (Lipinski definition) is 1. The van der Waals surface area contributed by atoms with Crippen LogP contribution in [-0.4, -0.2) is 21.3 Å². The van der Waals surface area contributed by atoms with Crippen LogP contribution in [0.5, 0.6) is 5.75 Å². The molecule has 0 spiro atoms. The first kappa shape index (κ1) is 16.0. The van der Waals surface area contributed by atoms with Crippen molar-refractivity contribution >= 4 is 4.56 Å². The molecule has 0 aliphatic carbocycles. The molecule has 1 heterocycles. The first-order valence-corrected chi connectivity index (χ1v) is 7.23. The molecule has 0 saturated carbocycles. The van der Waals surface area contributed by atoms with Crippen molar-refractivity contribution in [3.8, 4) is 5.75 Å². The molecule has 4 nitrogen and oxygen atoms in total. The van der Waals surface area contributed by atoms with Crippen molar-refractivity contribution in [2.45, 2.75) is 32.6 Å². The molecule has 0 bridgehead atoms. The van der Waals surface area contributed by atoms with E-state index in [2.05, 4.69) is 11.9 Å². The van der Waals surface area contributed by atoms with E-state index in [4.69, 9.17) is 14.6 Å². The van der Waals surface area contributed by atoms with Crippen LogP contribution in [0.25, 0.3) is 0 Å². The number of carbonyl (C=O) groups is 1. The van der Waals surface area contributed by atoms with Gasteiger partial charge in [0.05, 0.1) is 12.8 Å². The molecule has 0 aromatic carbocycles. The number of pyridine rings is 1. The van der Waals surface area contributed by atoms with Crippen LogP contribution < -0.4 is 4.74 Å². The molecule has 0 amide bonds. The monoisotopic (exact) mass is 288 g/mol. The Balaban J connectivity index is 0.000000557. The third-order valence-corrected chi connectivity index (χ3v) is 1.90. The number of carboxylic acid groups (broad SMARTS) is 1. The van der Waals surface area contributed by atoms with Crippen LogP contribution in [0, 0.1) is 0 Å². The number of ether oxygens (including phenoxy) is 1. The number of hydrogen-bond acceptors (Lipinski definition) is 3. The molecule has 1 N–H and O–H groups in total. The van der Waals surface area contributed by atoms with Crippen LogP contribution in [0.15, 0.2) is 24.5 Å². The molecule has 1 rings (SSSR count). The summed E-state index contributed by atoms with van der Waals surface area (Å²) in [5, 5.41) is 7.47. The topological polar surface area (TPSA) is 59.4 Å². The third-order valence-electron chi connectivity index (χ3n) is 1.90. The summed E-state index contributed by atoms with van der Waals surface area (Å²) in [7, 11) is 0. The molecule has 0 unspecified atom stereocenters. The molecular weight excluding hydrogens is 272 g/mol. The molecule has 5 heteroatoms. The summed E-state index contributed by atoms with van der Waals surface area (Å²) in [4.78, 5) is 13.0. The minimum atomic E-state index is -0.708. The van der Waals surface area contributed by atoms with Gasteiger partial charge in [0.25, 0.3) is 0 Å². The second kappa shape index (κ2) is 11.5. The molecular formula is C12H18NO3Zn. The van der Waals surface area contributed by atoms with E-state index in [-0.39, 0.29) is 0 Å². The van der Waals surface area contributed by atoms with Crippen molar-refractivity contribution in [1.82, 2.24) is 4.98 Å². The average molecular weight is 290 g/mol. The van der Waals surface area contributed by atoms with Gasteiger partial charge in [-0.05, 0) is 18.6 Å². The fourth-order valence-corrected chi connectivity index (χ4v) is 1.15. The Bertz CT molecular complexity index is 289. The van der Waals surface area contributed by atoms with E-state index in [0.29, 0.717) is 18.3 Å². The first-order chi connectivity index (χ1) is 8.16. The van der Waals surface area contributed by atoms with Crippen LogP contribution in [0.4, 0.5) is 4.79 Å². The van der Waals surface area contributed by atoms with Crippen LogP contribution in [0.1, 0.15) is 32.6 Å². The number of aromatic nitrogens is 1. The zero-order valence-electron chi connectivity index (χ0n) is 10.3. The van der Waals surface area contributed by atoms with Gasteiger partial charge in [-0.3, -0.25) is 4.98 Å². The predicted molar refractivity (Wildman–Crippen MR) is 61.9 cm³/mol. The van der Waals surface area contributed by atoms with Crippen LogP contribution >= 0.6 is 0 Å². The van der Waals surface area contributed by atoms with Gasteiger partial charge in [0.2, 0.25) is 0 Å². The van der Waals surface area contributed by atoms with Gasteiger partial charge in [-0.15, -0.1) is 0 Å². The van der Waals surface area contributed by atoms with Gasteiger partial charge in [0.1, 0.15) is 5.75 Å². The quantitative estimate of drug-likeness (QED) is 0.645. The fraction of sp³-hybridized carbons (Fsp3) is 0.500. The van der Waals surface area contributed by atoms with Crippen molar-refractivity contribution < 1.29 is 32.9 Å². The summed E-state index contributed by atoms with van der Waals surface area (Å²) < 4.78 is 4.78. The van der Waals surface area contributed by atoms with Gasteiger partial charge in [0, 0.05) is 6.20 Å². The number of nitrogens with zero attached hydrogens (tertiary/aromatic N) is 1. The molecule has 17 heavy (non-hydrogen) atoms. The number of rotatable bonds is 6. The Labute approximate surface area is 112 Å². The van der Waals surface area contributed by atoms with Crippen molar-refractivity contribution in [2.75, 3.05) is 6.61 Å². The zero-order chi connectivity index (χ0) is 12.9. The number of unbranched alkanes of at least 4 members (excludes halogenated alkanes) is 3. The maximum absolute atomic E-state index is 9.06. The Hall–Kier alpha value is -0.957. The van der Waals surface area contributed by atoms with Crippen LogP contribution in [-0.2, 0) is 18.3 Å². The molecule has 0 fully saturated rings. The summed E-state index contributed by atoms with van der Waals surface area (Å²) in [6, 6.07) is 3.83. The zero-order valence-corrected chi connectivity index (χ0v) is 13.2. The molecule has 0 aliphatic heterocycles. The van der Waals surface area contributed by atoms with Gasteiger partial charge in [-0.1, -0.05) is 26.2 Å². The van der Waals surface area contributed by atoms with Crippen molar-refractivity contribution in [1.29, 1.82) is 0 Å². The summed E-state index contributed by atoms with van der Waals surface area (Å²) >= 11 is 0.347. The van der Waals surface area contributed by atoms with E-state index in [1.165, 1.54) is 19.3 Å². The Morgan fingerprint density at radius 1 is 1.47 bits per heavy atom. The summed E-state index contributed by atoms with van der Waals surface area (Å²) in [6.45, 7) is 3.02. The van der Waals surface area contributed by atoms with E-state index in [9.17, 15) is 0 Å². The molecule has 0 aliphatic rings. The molecule has 1 aromatic heterocycles. The van der Waals surface area contributed by atoms with Gasteiger partial charge < -0.3 is 4.74 Å². The van der Waals surface area contributed by atoms with E-state index in [0.717, 1.165) is 18.8 Å². The fourth-order valence-electron chi connectivity index (χ4n) is 1.15. The van der Waals surface area contributed by atoms with E-state index >= 15 is 0 Å². The molecule has 0 saturated heterocycles. The Kier molecular flexibility index (Phi) is 10.9. The van der Waals surface area contributed by atoms with Gasteiger partial charge >= 0.3 is 32.8 Å². The molecule has 1 aromatic rings. The van der Waals surface area contributed by atoms with Crippen LogP contribution in [0.3, 0.4) is 0 Å². The summed E-state index contributed by atoms with van der Waals surface area (Å²) in [5.74, 6) is 0.874. The second-order valence-electron chi connectivity index (χ2n) is 3.49. The maximum atomic E-state index is 9.06. The van der Waals surface area contributed by atoms with Gasteiger partial charge in [0.15, 0.2) is 0 Å². The Morgan fingerprint density at radius 2 is 2.18 bits per heavy atom. The van der Waals surface area contributed by atoms with E-state index in [1.807, 2.05) is 12.1 Å². The Morgan fingerprint density at radius 3 is 2.71 bits per heavy atom. The molecule has 91 valence electrons. The van der Waals surface area contributed by atoms with E-state index in [1.54, 1.807) is 12.4 Å². The molecule has 0 radical (unpaired) electrons. The molecule has 0 atom stereocenters. The first-order valence-electron chi connectivity index (χ1n) is 5.74. The third kappa shape index (κ3) is 13.0. The van der Waals surface area contributed by atoms with Crippen molar-refractivity contribution in [3.05, 3.63) is 24.5 Å². The predicted octanol–water partition coefficient (Wildman–Crippen LogP) is 3.25. The second-order valence-corrected chi connectivity index (χ2v) is 4.76. The average Bonchev–Trinajstić information content (AvgIpc) is 2.29. The van der Waals surface area contributed by atoms with Crippen LogP contribution in [0.2, 0.25) is 0 Å².